The van der Waals surface area contributed by atoms with Gasteiger partial charge in [-0.3, -0.25) is 9.71 Å². The fraction of sp³-hybridized carbons (Fsp3) is 0.0500. The first-order valence-electron chi connectivity index (χ1n) is 8.40. The van der Waals surface area contributed by atoms with Gasteiger partial charge in [0.25, 0.3) is 10.0 Å². The second-order valence-electron chi connectivity index (χ2n) is 6.14. The molecule has 0 saturated heterocycles. The maximum absolute atomic E-state index is 12.8. The lowest BCUT2D eigenvalue weighted by Crippen LogP contribution is -2.13. The van der Waals surface area contributed by atoms with E-state index in [-0.39, 0.29) is 10.5 Å². The molecule has 0 fully saturated rings. The Bertz CT molecular complexity index is 1320. The molecule has 28 heavy (non-hydrogen) atoms. The van der Waals surface area contributed by atoms with Crippen LogP contribution in [0.25, 0.3) is 11.1 Å². The van der Waals surface area contributed by atoms with Crippen molar-refractivity contribution in [1.29, 1.82) is 0 Å². The maximum atomic E-state index is 12.8. The molecule has 8 heteroatoms. The fourth-order valence-corrected chi connectivity index (χ4v) is 3.81. The van der Waals surface area contributed by atoms with E-state index >= 15 is 0 Å². The number of hydrogen-bond acceptors (Lipinski definition) is 5. The van der Waals surface area contributed by atoms with Crippen molar-refractivity contribution in [3.63, 3.8) is 0 Å². The molecule has 1 aromatic heterocycles. The van der Waals surface area contributed by atoms with E-state index in [0.29, 0.717) is 22.7 Å². The van der Waals surface area contributed by atoms with Crippen molar-refractivity contribution in [1.82, 2.24) is 4.98 Å². The lowest BCUT2D eigenvalue weighted by atomic mass is 10.2. The van der Waals surface area contributed by atoms with Gasteiger partial charge in [0.1, 0.15) is 5.75 Å². The van der Waals surface area contributed by atoms with Crippen LogP contribution < -0.4 is 15.2 Å². The quantitative estimate of drug-likeness (QED) is 0.530. The van der Waals surface area contributed by atoms with Crippen molar-refractivity contribution in [3.8, 4) is 11.5 Å². The van der Waals surface area contributed by atoms with Crippen LogP contribution in [-0.4, -0.2) is 13.4 Å². The van der Waals surface area contributed by atoms with Gasteiger partial charge in [-0.05, 0) is 42.8 Å². The van der Waals surface area contributed by atoms with Crippen LogP contribution >= 0.6 is 0 Å². The Morgan fingerprint density at radius 2 is 1.68 bits per heavy atom. The zero-order chi connectivity index (χ0) is 19.7. The summed E-state index contributed by atoms with van der Waals surface area (Å²) in [6.45, 7) is 1.90. The number of ether oxygens (including phenoxy) is 1. The Morgan fingerprint density at radius 3 is 2.46 bits per heavy atom. The molecular formula is C20H16N2O5S. The van der Waals surface area contributed by atoms with Crippen molar-refractivity contribution in [3.05, 3.63) is 82.8 Å². The highest BCUT2D eigenvalue weighted by atomic mass is 32.2. The number of rotatable bonds is 5. The van der Waals surface area contributed by atoms with Crippen LogP contribution in [0.3, 0.4) is 0 Å². The summed E-state index contributed by atoms with van der Waals surface area (Å²) < 4.78 is 39.0. The minimum atomic E-state index is -3.93. The summed E-state index contributed by atoms with van der Waals surface area (Å²) in [5.74, 6) is 0.355. The Hall–Kier alpha value is -3.52. The lowest BCUT2D eigenvalue weighted by Gasteiger charge is -2.14. The standard InChI is InChI=1S/C20H16N2O5S/c1-13-6-2-4-8-17(13)26-18-9-5-3-7-16(18)22-28(24,25)14-10-11-15-19(12-14)27-20(23)21-15/h2-12,22H,1H3,(H,21,23). The predicted molar refractivity (Wildman–Crippen MR) is 105 cm³/mol. The smallest absolute Gasteiger partial charge is 0.417 e. The summed E-state index contributed by atoms with van der Waals surface area (Å²) in [4.78, 5) is 13.7. The third-order valence-corrected chi connectivity index (χ3v) is 5.51. The van der Waals surface area contributed by atoms with Gasteiger partial charge in [0.2, 0.25) is 0 Å². The molecule has 0 spiro atoms. The lowest BCUT2D eigenvalue weighted by molar-refractivity contribution is 0.481. The summed E-state index contributed by atoms with van der Waals surface area (Å²) in [5, 5.41) is 0. The predicted octanol–water partition coefficient (Wildman–Crippen LogP) is 4.02. The van der Waals surface area contributed by atoms with Gasteiger partial charge in [-0.1, -0.05) is 30.3 Å². The molecule has 3 aromatic carbocycles. The number of aryl methyl sites for hydroxylation is 1. The summed E-state index contributed by atoms with van der Waals surface area (Å²) in [6.07, 6.45) is 0. The Kier molecular flexibility index (Phi) is 4.40. The minimum Gasteiger partial charge on any atom is -0.455 e. The van der Waals surface area contributed by atoms with E-state index in [1.165, 1.54) is 18.2 Å². The molecule has 7 nitrogen and oxygen atoms in total. The summed E-state index contributed by atoms with van der Waals surface area (Å²) in [6, 6.07) is 18.4. The molecular weight excluding hydrogens is 380 g/mol. The highest BCUT2D eigenvalue weighted by Crippen LogP contribution is 2.32. The normalized spacial score (nSPS) is 11.5. The Balaban J connectivity index is 1.68. The van der Waals surface area contributed by atoms with E-state index in [1.54, 1.807) is 24.3 Å². The summed E-state index contributed by atoms with van der Waals surface area (Å²) in [5.41, 5.74) is 1.80. The SMILES string of the molecule is Cc1ccccc1Oc1ccccc1NS(=O)(=O)c1ccc2[nH]c(=O)oc2c1. The number of anilines is 1. The third kappa shape index (κ3) is 3.49. The fourth-order valence-electron chi connectivity index (χ4n) is 2.73. The maximum Gasteiger partial charge on any atom is 0.417 e. The molecule has 0 aliphatic heterocycles. The van der Waals surface area contributed by atoms with Crippen molar-refractivity contribution >= 4 is 26.8 Å². The molecule has 0 aliphatic rings. The Morgan fingerprint density at radius 1 is 0.964 bits per heavy atom. The number of H-pyrrole nitrogens is 1. The van der Waals surface area contributed by atoms with Gasteiger partial charge < -0.3 is 9.15 Å². The van der Waals surface area contributed by atoms with E-state index in [4.69, 9.17) is 9.15 Å². The third-order valence-electron chi connectivity index (χ3n) is 4.15. The first-order chi connectivity index (χ1) is 13.4. The highest BCUT2D eigenvalue weighted by Gasteiger charge is 2.18. The number of benzene rings is 3. The van der Waals surface area contributed by atoms with Crippen molar-refractivity contribution in [2.45, 2.75) is 11.8 Å². The molecule has 0 bridgehead atoms. The van der Waals surface area contributed by atoms with Gasteiger partial charge in [-0.2, -0.15) is 0 Å². The number of oxazole rings is 1. The van der Waals surface area contributed by atoms with Gasteiger partial charge in [-0.15, -0.1) is 0 Å². The molecule has 0 saturated carbocycles. The van der Waals surface area contributed by atoms with Crippen LogP contribution in [0.2, 0.25) is 0 Å². The molecule has 0 radical (unpaired) electrons. The van der Waals surface area contributed by atoms with E-state index in [9.17, 15) is 13.2 Å². The number of nitrogens with one attached hydrogen (secondary N) is 2. The number of para-hydroxylation sites is 3. The van der Waals surface area contributed by atoms with E-state index in [1.807, 2.05) is 31.2 Å². The number of sulfonamides is 1. The van der Waals surface area contributed by atoms with Gasteiger partial charge >= 0.3 is 5.76 Å². The first kappa shape index (κ1) is 17.9. The van der Waals surface area contributed by atoms with Crippen molar-refractivity contribution in [2.75, 3.05) is 4.72 Å². The molecule has 4 aromatic rings. The average molecular weight is 396 g/mol. The second-order valence-corrected chi connectivity index (χ2v) is 7.82. The summed E-state index contributed by atoms with van der Waals surface area (Å²) in [7, 11) is -3.93. The molecule has 0 amide bonds. The molecule has 0 aliphatic carbocycles. The zero-order valence-electron chi connectivity index (χ0n) is 14.8. The van der Waals surface area contributed by atoms with E-state index < -0.39 is 15.8 Å². The number of aromatic amines is 1. The Labute approximate surface area is 160 Å². The molecule has 1 heterocycles. The van der Waals surface area contributed by atoms with Crippen molar-refractivity contribution < 1.29 is 17.6 Å². The van der Waals surface area contributed by atoms with Crippen LogP contribution in [-0.2, 0) is 10.0 Å². The zero-order valence-corrected chi connectivity index (χ0v) is 15.6. The van der Waals surface area contributed by atoms with Crippen LogP contribution in [0.1, 0.15) is 5.56 Å². The van der Waals surface area contributed by atoms with Gasteiger partial charge in [-0.25, -0.2) is 13.2 Å². The molecule has 142 valence electrons. The molecule has 2 N–H and O–H groups in total. The van der Waals surface area contributed by atoms with Crippen LogP contribution in [0, 0.1) is 6.92 Å². The van der Waals surface area contributed by atoms with Gasteiger partial charge in [0.05, 0.1) is 16.1 Å². The second kappa shape index (κ2) is 6.90. The monoisotopic (exact) mass is 396 g/mol. The highest BCUT2D eigenvalue weighted by molar-refractivity contribution is 7.92. The molecule has 4 rings (SSSR count). The number of fused-ring (bicyclic) bond motifs is 1. The van der Waals surface area contributed by atoms with Crippen LogP contribution in [0.4, 0.5) is 5.69 Å². The average Bonchev–Trinajstić information content (AvgIpc) is 3.04. The molecule has 0 unspecified atom stereocenters. The van der Waals surface area contributed by atoms with Crippen molar-refractivity contribution in [2.24, 2.45) is 0 Å². The van der Waals surface area contributed by atoms with E-state index in [2.05, 4.69) is 9.71 Å². The van der Waals surface area contributed by atoms with Gasteiger partial charge in [0.15, 0.2) is 11.3 Å². The van der Waals surface area contributed by atoms with Gasteiger partial charge in [0, 0.05) is 6.07 Å². The van der Waals surface area contributed by atoms with Crippen LogP contribution in [0.5, 0.6) is 11.5 Å². The molecule has 0 atom stereocenters. The number of aromatic nitrogens is 1. The number of hydrogen-bond donors (Lipinski definition) is 2. The largest absolute Gasteiger partial charge is 0.455 e. The minimum absolute atomic E-state index is 0.0338. The first-order valence-corrected chi connectivity index (χ1v) is 9.89. The van der Waals surface area contributed by atoms with E-state index in [0.717, 1.165) is 5.56 Å². The topological polar surface area (TPSA) is 101 Å². The summed E-state index contributed by atoms with van der Waals surface area (Å²) >= 11 is 0. The van der Waals surface area contributed by atoms with Crippen LogP contribution in [0.15, 0.2) is 80.8 Å².